The lowest BCUT2D eigenvalue weighted by Crippen LogP contribution is -1.92. The van der Waals surface area contributed by atoms with Crippen molar-refractivity contribution in [1.29, 1.82) is 0 Å². The van der Waals surface area contributed by atoms with Gasteiger partial charge in [0.1, 0.15) is 0 Å². The number of fused-ring (bicyclic) bond motifs is 2. The van der Waals surface area contributed by atoms with E-state index in [4.69, 9.17) is 0 Å². The Morgan fingerprint density at radius 3 is 1.87 bits per heavy atom. The highest BCUT2D eigenvalue weighted by molar-refractivity contribution is 6.12. The monoisotopic (exact) mass is 297 g/mol. The molecule has 1 heteroatoms. The summed E-state index contributed by atoms with van der Waals surface area (Å²) in [6, 6.07) is 26.2. The van der Waals surface area contributed by atoms with Crippen molar-refractivity contribution in [2.24, 2.45) is 0 Å². The molecule has 0 fully saturated rings. The van der Waals surface area contributed by atoms with Gasteiger partial charge in [0, 0.05) is 12.7 Å². The van der Waals surface area contributed by atoms with Crippen molar-refractivity contribution in [2.75, 3.05) is 12.4 Å². The van der Waals surface area contributed by atoms with Gasteiger partial charge in [-0.2, -0.15) is 0 Å². The SMILES string of the molecule is CNc1ccc(-c2c3ccccc3cc3ccccc23)cc1C. The maximum Gasteiger partial charge on any atom is 0.0367 e. The summed E-state index contributed by atoms with van der Waals surface area (Å²) in [5, 5.41) is 8.44. The minimum Gasteiger partial charge on any atom is -0.388 e. The molecule has 1 N–H and O–H groups in total. The summed E-state index contributed by atoms with van der Waals surface area (Å²) >= 11 is 0. The van der Waals surface area contributed by atoms with Gasteiger partial charge < -0.3 is 5.32 Å². The molecule has 0 atom stereocenters. The number of nitrogens with one attached hydrogen (secondary N) is 1. The molecular formula is C22H19N. The number of hydrogen-bond donors (Lipinski definition) is 1. The highest BCUT2D eigenvalue weighted by Crippen LogP contribution is 2.37. The van der Waals surface area contributed by atoms with Gasteiger partial charge in [0.25, 0.3) is 0 Å². The predicted molar refractivity (Wildman–Crippen MR) is 101 cm³/mol. The van der Waals surface area contributed by atoms with E-state index in [0.717, 1.165) is 0 Å². The van der Waals surface area contributed by atoms with Crippen molar-refractivity contribution in [3.8, 4) is 11.1 Å². The van der Waals surface area contributed by atoms with E-state index in [1.807, 2.05) is 7.05 Å². The van der Waals surface area contributed by atoms with Gasteiger partial charge in [-0.05, 0) is 63.4 Å². The summed E-state index contributed by atoms with van der Waals surface area (Å²) in [5.74, 6) is 0. The van der Waals surface area contributed by atoms with Crippen molar-refractivity contribution in [1.82, 2.24) is 0 Å². The summed E-state index contributed by atoms with van der Waals surface area (Å²) in [6.45, 7) is 2.16. The van der Waals surface area contributed by atoms with Crippen LogP contribution in [0.1, 0.15) is 5.56 Å². The van der Waals surface area contributed by atoms with Crippen LogP contribution in [-0.2, 0) is 0 Å². The largest absolute Gasteiger partial charge is 0.388 e. The zero-order valence-electron chi connectivity index (χ0n) is 13.4. The quantitative estimate of drug-likeness (QED) is 0.447. The molecule has 0 aromatic heterocycles. The zero-order valence-corrected chi connectivity index (χ0v) is 13.4. The zero-order chi connectivity index (χ0) is 15.8. The maximum atomic E-state index is 3.25. The van der Waals surface area contributed by atoms with E-state index in [1.165, 1.54) is 43.9 Å². The Morgan fingerprint density at radius 1 is 0.696 bits per heavy atom. The van der Waals surface area contributed by atoms with E-state index in [2.05, 4.69) is 85.0 Å². The maximum absolute atomic E-state index is 3.25. The fourth-order valence-electron chi connectivity index (χ4n) is 3.42. The summed E-state index contributed by atoms with van der Waals surface area (Å²) in [4.78, 5) is 0. The van der Waals surface area contributed by atoms with E-state index in [9.17, 15) is 0 Å². The van der Waals surface area contributed by atoms with Crippen LogP contribution in [0.4, 0.5) is 5.69 Å². The topological polar surface area (TPSA) is 12.0 Å². The smallest absolute Gasteiger partial charge is 0.0367 e. The van der Waals surface area contributed by atoms with Crippen molar-refractivity contribution >= 4 is 27.2 Å². The third kappa shape index (κ3) is 2.25. The molecule has 4 aromatic carbocycles. The van der Waals surface area contributed by atoms with Crippen molar-refractivity contribution in [2.45, 2.75) is 6.92 Å². The first-order chi connectivity index (χ1) is 11.3. The van der Waals surface area contributed by atoms with Crippen molar-refractivity contribution in [3.63, 3.8) is 0 Å². The van der Waals surface area contributed by atoms with E-state index in [0.29, 0.717) is 0 Å². The highest BCUT2D eigenvalue weighted by Gasteiger charge is 2.10. The van der Waals surface area contributed by atoms with Crippen LogP contribution in [0, 0.1) is 6.92 Å². The molecule has 0 aliphatic carbocycles. The second kappa shape index (κ2) is 5.44. The van der Waals surface area contributed by atoms with Crippen molar-refractivity contribution in [3.05, 3.63) is 78.4 Å². The van der Waals surface area contributed by atoms with Gasteiger partial charge in [-0.15, -0.1) is 0 Å². The van der Waals surface area contributed by atoms with Crippen molar-refractivity contribution < 1.29 is 0 Å². The number of hydrogen-bond acceptors (Lipinski definition) is 1. The van der Waals surface area contributed by atoms with E-state index in [1.54, 1.807) is 0 Å². The van der Waals surface area contributed by atoms with Crippen LogP contribution in [0.3, 0.4) is 0 Å². The minimum atomic E-state index is 1.18. The molecule has 4 rings (SSSR count). The Morgan fingerprint density at radius 2 is 1.30 bits per heavy atom. The van der Waals surface area contributed by atoms with Crippen LogP contribution < -0.4 is 5.32 Å². The Labute approximate surface area is 136 Å². The molecule has 0 spiro atoms. The van der Waals surface area contributed by atoms with Crippen LogP contribution in [0.15, 0.2) is 72.8 Å². The number of anilines is 1. The van der Waals surface area contributed by atoms with Crippen LogP contribution in [0.25, 0.3) is 32.7 Å². The molecule has 0 unspecified atom stereocenters. The van der Waals surface area contributed by atoms with Crippen LogP contribution >= 0.6 is 0 Å². The number of benzene rings is 4. The first-order valence-corrected chi connectivity index (χ1v) is 7.97. The molecule has 0 aliphatic heterocycles. The summed E-state index contributed by atoms with van der Waals surface area (Å²) in [7, 11) is 1.97. The first kappa shape index (κ1) is 13.8. The number of rotatable bonds is 2. The van der Waals surface area contributed by atoms with E-state index >= 15 is 0 Å². The Kier molecular flexibility index (Phi) is 3.27. The van der Waals surface area contributed by atoms with Gasteiger partial charge in [0.05, 0.1) is 0 Å². The third-order valence-electron chi connectivity index (χ3n) is 4.56. The van der Waals surface area contributed by atoms with Crippen LogP contribution in [-0.4, -0.2) is 7.05 Å². The molecule has 0 heterocycles. The Hall–Kier alpha value is -2.80. The molecule has 112 valence electrons. The molecule has 23 heavy (non-hydrogen) atoms. The highest BCUT2D eigenvalue weighted by atomic mass is 14.8. The molecule has 0 saturated heterocycles. The summed E-state index contributed by atoms with van der Waals surface area (Å²) in [5.41, 5.74) is 5.04. The molecule has 4 aromatic rings. The summed E-state index contributed by atoms with van der Waals surface area (Å²) in [6.07, 6.45) is 0. The predicted octanol–water partition coefficient (Wildman–Crippen LogP) is 6.01. The Balaban J connectivity index is 2.12. The van der Waals surface area contributed by atoms with Gasteiger partial charge in [0.2, 0.25) is 0 Å². The first-order valence-electron chi connectivity index (χ1n) is 7.97. The summed E-state index contributed by atoms with van der Waals surface area (Å²) < 4.78 is 0. The van der Waals surface area contributed by atoms with Gasteiger partial charge in [-0.1, -0.05) is 54.6 Å². The molecule has 0 aliphatic rings. The molecular weight excluding hydrogens is 278 g/mol. The van der Waals surface area contributed by atoms with E-state index < -0.39 is 0 Å². The molecule has 0 radical (unpaired) electrons. The standard InChI is InChI=1S/C22H19N/c1-15-13-18(11-12-21(15)23-2)22-19-9-5-3-7-16(19)14-17-8-4-6-10-20(17)22/h3-14,23H,1-2H3. The lowest BCUT2D eigenvalue weighted by Gasteiger charge is -2.14. The van der Waals surface area contributed by atoms with Crippen LogP contribution in [0.2, 0.25) is 0 Å². The fraction of sp³-hybridized carbons (Fsp3) is 0.0909. The third-order valence-corrected chi connectivity index (χ3v) is 4.56. The lowest BCUT2D eigenvalue weighted by molar-refractivity contribution is 1.41. The minimum absolute atomic E-state index is 1.18. The van der Waals surface area contributed by atoms with Gasteiger partial charge in [0.15, 0.2) is 0 Å². The number of aryl methyl sites for hydroxylation is 1. The second-order valence-electron chi connectivity index (χ2n) is 5.97. The molecule has 0 amide bonds. The second-order valence-corrected chi connectivity index (χ2v) is 5.97. The average molecular weight is 297 g/mol. The fourth-order valence-corrected chi connectivity index (χ4v) is 3.42. The average Bonchev–Trinajstić information content (AvgIpc) is 2.59. The van der Waals surface area contributed by atoms with Gasteiger partial charge >= 0.3 is 0 Å². The van der Waals surface area contributed by atoms with Crippen LogP contribution in [0.5, 0.6) is 0 Å². The van der Waals surface area contributed by atoms with Gasteiger partial charge in [-0.3, -0.25) is 0 Å². The molecule has 0 bridgehead atoms. The Bertz CT molecular complexity index is 961. The van der Waals surface area contributed by atoms with E-state index in [-0.39, 0.29) is 0 Å². The molecule has 1 nitrogen and oxygen atoms in total. The normalized spacial score (nSPS) is 11.0. The van der Waals surface area contributed by atoms with Gasteiger partial charge in [-0.25, -0.2) is 0 Å². The lowest BCUT2D eigenvalue weighted by atomic mass is 9.91. The molecule has 0 saturated carbocycles.